The monoisotopic (exact) mass is 242 g/mol. The summed E-state index contributed by atoms with van der Waals surface area (Å²) in [6.07, 6.45) is 2.67. The molecular formula is C12H22N2O3. The minimum Gasteiger partial charge on any atom is -0.481 e. The van der Waals surface area contributed by atoms with Gasteiger partial charge in [0.25, 0.3) is 0 Å². The van der Waals surface area contributed by atoms with Gasteiger partial charge in [0.1, 0.15) is 0 Å². The molecule has 1 saturated heterocycles. The molecule has 1 atom stereocenters. The number of likely N-dealkylation sites (tertiary alicyclic amines) is 1. The average molecular weight is 242 g/mol. The quantitative estimate of drug-likeness (QED) is 0.743. The van der Waals surface area contributed by atoms with Crippen LogP contribution in [0, 0.1) is 5.92 Å². The van der Waals surface area contributed by atoms with E-state index in [0.717, 1.165) is 32.5 Å². The number of nitrogens with zero attached hydrogens (tertiary/aromatic N) is 2. The summed E-state index contributed by atoms with van der Waals surface area (Å²) in [5, 5.41) is 8.70. The molecule has 0 aromatic rings. The number of hydrogen-bond donors (Lipinski definition) is 1. The van der Waals surface area contributed by atoms with Crippen molar-refractivity contribution in [3.8, 4) is 0 Å². The zero-order valence-electron chi connectivity index (χ0n) is 10.7. The van der Waals surface area contributed by atoms with Crippen molar-refractivity contribution in [2.45, 2.75) is 25.7 Å². The van der Waals surface area contributed by atoms with Crippen LogP contribution in [-0.4, -0.2) is 60.5 Å². The van der Waals surface area contributed by atoms with Crippen LogP contribution in [0.4, 0.5) is 0 Å². The Hall–Kier alpha value is -1.10. The fraction of sp³-hybridized carbons (Fsp3) is 0.833. The molecule has 5 heteroatoms. The molecule has 1 amide bonds. The number of carboxylic acid groups (broad SMARTS) is 1. The first kappa shape index (κ1) is 14.0. The lowest BCUT2D eigenvalue weighted by atomic mass is 10.1. The Morgan fingerprint density at radius 2 is 2.12 bits per heavy atom. The van der Waals surface area contributed by atoms with Crippen LogP contribution >= 0.6 is 0 Å². The van der Waals surface area contributed by atoms with Crippen LogP contribution in [0.15, 0.2) is 0 Å². The number of carboxylic acids is 1. The van der Waals surface area contributed by atoms with E-state index in [1.807, 2.05) is 0 Å². The van der Waals surface area contributed by atoms with E-state index in [9.17, 15) is 9.59 Å². The Labute approximate surface area is 102 Å². The van der Waals surface area contributed by atoms with Gasteiger partial charge in [-0.05, 0) is 31.8 Å². The first-order chi connectivity index (χ1) is 7.99. The predicted octanol–water partition coefficient (Wildman–Crippen LogP) is 0.651. The molecule has 0 radical (unpaired) electrons. The van der Waals surface area contributed by atoms with Gasteiger partial charge < -0.3 is 14.9 Å². The normalized spacial score (nSPS) is 20.5. The SMILES string of the molecule is CN(C)C(=O)CCCN1CCC(CC(=O)O)C1. The lowest BCUT2D eigenvalue weighted by Gasteiger charge is -2.16. The molecule has 1 fully saturated rings. The average Bonchev–Trinajstić information content (AvgIpc) is 2.64. The first-order valence-electron chi connectivity index (χ1n) is 6.13. The molecule has 98 valence electrons. The summed E-state index contributed by atoms with van der Waals surface area (Å²) in [5.41, 5.74) is 0. The summed E-state index contributed by atoms with van der Waals surface area (Å²) >= 11 is 0. The highest BCUT2D eigenvalue weighted by molar-refractivity contribution is 5.75. The molecule has 1 N–H and O–H groups in total. The fourth-order valence-corrected chi connectivity index (χ4v) is 2.21. The summed E-state index contributed by atoms with van der Waals surface area (Å²) < 4.78 is 0. The van der Waals surface area contributed by atoms with Gasteiger partial charge in [-0.3, -0.25) is 9.59 Å². The Morgan fingerprint density at radius 3 is 2.71 bits per heavy atom. The van der Waals surface area contributed by atoms with E-state index in [-0.39, 0.29) is 18.2 Å². The van der Waals surface area contributed by atoms with Gasteiger partial charge in [0.15, 0.2) is 0 Å². The molecule has 0 spiro atoms. The first-order valence-corrected chi connectivity index (χ1v) is 6.13. The third-order valence-electron chi connectivity index (χ3n) is 3.20. The van der Waals surface area contributed by atoms with Gasteiger partial charge in [0.05, 0.1) is 0 Å². The second-order valence-electron chi connectivity index (χ2n) is 4.94. The van der Waals surface area contributed by atoms with Crippen LogP contribution in [0.2, 0.25) is 0 Å². The topological polar surface area (TPSA) is 60.9 Å². The maximum absolute atomic E-state index is 11.4. The zero-order chi connectivity index (χ0) is 12.8. The van der Waals surface area contributed by atoms with Crippen molar-refractivity contribution in [1.82, 2.24) is 9.80 Å². The number of carbonyl (C=O) groups excluding carboxylic acids is 1. The molecule has 0 aromatic carbocycles. The van der Waals surface area contributed by atoms with Crippen molar-refractivity contribution >= 4 is 11.9 Å². The molecule has 17 heavy (non-hydrogen) atoms. The van der Waals surface area contributed by atoms with E-state index in [1.165, 1.54) is 0 Å². The Kier molecular flexibility index (Phi) is 5.41. The van der Waals surface area contributed by atoms with Crippen molar-refractivity contribution in [3.63, 3.8) is 0 Å². The molecule has 5 nitrogen and oxygen atoms in total. The molecule has 1 unspecified atom stereocenters. The Balaban J connectivity index is 2.14. The van der Waals surface area contributed by atoms with E-state index in [4.69, 9.17) is 5.11 Å². The number of amides is 1. The predicted molar refractivity (Wildman–Crippen MR) is 64.7 cm³/mol. The Morgan fingerprint density at radius 1 is 1.41 bits per heavy atom. The molecular weight excluding hydrogens is 220 g/mol. The molecule has 1 rings (SSSR count). The fourth-order valence-electron chi connectivity index (χ4n) is 2.21. The van der Waals surface area contributed by atoms with Gasteiger partial charge in [0, 0.05) is 33.5 Å². The highest BCUT2D eigenvalue weighted by Gasteiger charge is 2.23. The van der Waals surface area contributed by atoms with E-state index >= 15 is 0 Å². The largest absolute Gasteiger partial charge is 0.481 e. The lowest BCUT2D eigenvalue weighted by Crippen LogP contribution is -2.26. The van der Waals surface area contributed by atoms with E-state index in [0.29, 0.717) is 6.42 Å². The van der Waals surface area contributed by atoms with Crippen molar-refractivity contribution < 1.29 is 14.7 Å². The standard InChI is InChI=1S/C12H22N2O3/c1-13(2)11(15)4-3-6-14-7-5-10(9-14)8-12(16)17/h10H,3-9H2,1-2H3,(H,16,17). The summed E-state index contributed by atoms with van der Waals surface area (Å²) in [5.74, 6) is -0.261. The minimum atomic E-state index is -0.709. The number of carbonyl (C=O) groups is 2. The van der Waals surface area contributed by atoms with Crippen LogP contribution in [0.3, 0.4) is 0 Å². The van der Waals surface area contributed by atoms with E-state index in [1.54, 1.807) is 19.0 Å². The molecule has 0 aliphatic carbocycles. The van der Waals surface area contributed by atoms with Gasteiger partial charge in [-0.15, -0.1) is 0 Å². The van der Waals surface area contributed by atoms with Crippen molar-refractivity contribution in [2.75, 3.05) is 33.7 Å². The summed E-state index contributed by atoms with van der Waals surface area (Å²) in [7, 11) is 3.53. The summed E-state index contributed by atoms with van der Waals surface area (Å²) in [6.45, 7) is 2.73. The molecule has 1 aliphatic heterocycles. The van der Waals surface area contributed by atoms with Gasteiger partial charge in [0.2, 0.25) is 5.91 Å². The van der Waals surface area contributed by atoms with Crippen LogP contribution in [0.5, 0.6) is 0 Å². The molecule has 0 saturated carbocycles. The lowest BCUT2D eigenvalue weighted by molar-refractivity contribution is -0.138. The van der Waals surface area contributed by atoms with Gasteiger partial charge >= 0.3 is 5.97 Å². The van der Waals surface area contributed by atoms with Crippen LogP contribution in [0.25, 0.3) is 0 Å². The van der Waals surface area contributed by atoms with E-state index < -0.39 is 5.97 Å². The third-order valence-corrected chi connectivity index (χ3v) is 3.20. The highest BCUT2D eigenvalue weighted by atomic mass is 16.4. The van der Waals surface area contributed by atoms with Crippen LogP contribution < -0.4 is 0 Å². The van der Waals surface area contributed by atoms with Crippen LogP contribution in [-0.2, 0) is 9.59 Å². The molecule has 0 bridgehead atoms. The van der Waals surface area contributed by atoms with Gasteiger partial charge in [-0.1, -0.05) is 0 Å². The maximum Gasteiger partial charge on any atom is 0.303 e. The molecule has 0 aromatic heterocycles. The highest BCUT2D eigenvalue weighted by Crippen LogP contribution is 2.19. The zero-order valence-corrected chi connectivity index (χ0v) is 10.7. The second kappa shape index (κ2) is 6.59. The van der Waals surface area contributed by atoms with Gasteiger partial charge in [-0.2, -0.15) is 0 Å². The molecule has 1 aliphatic rings. The number of hydrogen-bond acceptors (Lipinski definition) is 3. The smallest absolute Gasteiger partial charge is 0.303 e. The van der Waals surface area contributed by atoms with Gasteiger partial charge in [-0.25, -0.2) is 0 Å². The number of rotatable bonds is 6. The van der Waals surface area contributed by atoms with Crippen molar-refractivity contribution in [3.05, 3.63) is 0 Å². The van der Waals surface area contributed by atoms with E-state index in [2.05, 4.69) is 4.90 Å². The maximum atomic E-state index is 11.4. The van der Waals surface area contributed by atoms with Crippen molar-refractivity contribution in [2.24, 2.45) is 5.92 Å². The Bertz CT molecular complexity index is 279. The summed E-state index contributed by atoms with van der Waals surface area (Å²) in [4.78, 5) is 25.8. The number of aliphatic carboxylic acids is 1. The van der Waals surface area contributed by atoms with Crippen LogP contribution in [0.1, 0.15) is 25.7 Å². The van der Waals surface area contributed by atoms with Crippen molar-refractivity contribution in [1.29, 1.82) is 0 Å². The third kappa shape index (κ3) is 5.17. The second-order valence-corrected chi connectivity index (χ2v) is 4.94. The minimum absolute atomic E-state index is 0.159. The molecule has 1 heterocycles. The summed E-state index contributed by atoms with van der Waals surface area (Å²) in [6, 6.07) is 0.